The fourth-order valence-corrected chi connectivity index (χ4v) is 4.75. The van der Waals surface area contributed by atoms with Gasteiger partial charge in [-0.15, -0.1) is 0 Å². The molecule has 0 bridgehead atoms. The van der Waals surface area contributed by atoms with Crippen LogP contribution < -0.4 is 20.3 Å². The number of carbonyl (C=O) groups excluding carboxylic acids is 2. The molecule has 8 heteroatoms. The van der Waals surface area contributed by atoms with E-state index < -0.39 is 0 Å². The topological polar surface area (TPSA) is 83.1 Å². The number of carbonyl (C=O) groups is 2. The molecule has 3 aromatic carbocycles. The lowest BCUT2D eigenvalue weighted by Crippen LogP contribution is -2.44. The van der Waals surface area contributed by atoms with Gasteiger partial charge in [0.05, 0.1) is 6.04 Å². The Kier molecular flexibility index (Phi) is 7.56. The molecule has 2 heterocycles. The molecule has 192 valence electrons. The van der Waals surface area contributed by atoms with Gasteiger partial charge in [-0.25, -0.2) is 4.79 Å². The minimum atomic E-state index is -0.319. The lowest BCUT2D eigenvalue weighted by Gasteiger charge is -2.27. The first kappa shape index (κ1) is 24.6. The number of hydrogen-bond donors (Lipinski definition) is 2. The van der Waals surface area contributed by atoms with Crippen molar-refractivity contribution in [2.24, 2.45) is 0 Å². The van der Waals surface area contributed by atoms with E-state index in [1.54, 1.807) is 12.1 Å². The molecule has 2 aliphatic rings. The molecule has 2 fully saturated rings. The van der Waals surface area contributed by atoms with E-state index >= 15 is 0 Å². The molecule has 5 rings (SSSR count). The molecule has 2 unspecified atom stereocenters. The summed E-state index contributed by atoms with van der Waals surface area (Å²) in [7, 11) is 1.88. The smallest absolute Gasteiger partial charge is 0.323 e. The normalized spacial score (nSPS) is 18.9. The fourth-order valence-electron chi connectivity index (χ4n) is 4.75. The van der Waals surface area contributed by atoms with Gasteiger partial charge in [0.25, 0.3) is 5.91 Å². The van der Waals surface area contributed by atoms with Crippen LogP contribution in [0, 0.1) is 0 Å². The highest BCUT2D eigenvalue weighted by Gasteiger charge is 2.33. The van der Waals surface area contributed by atoms with Crippen molar-refractivity contribution < 1.29 is 19.1 Å². The van der Waals surface area contributed by atoms with Crippen LogP contribution in [-0.4, -0.2) is 55.7 Å². The SMILES string of the molecule is CN(C(=O)C1CCCO1)C1CCN(c2ccc(NC(=O)Nc3ccc(Oc4ccccc4)cc3)cc2)C1. The summed E-state index contributed by atoms with van der Waals surface area (Å²) < 4.78 is 11.4. The lowest BCUT2D eigenvalue weighted by molar-refractivity contribution is -0.141. The van der Waals surface area contributed by atoms with Crippen LogP contribution in [0.5, 0.6) is 11.5 Å². The monoisotopic (exact) mass is 500 g/mol. The number of likely N-dealkylation sites (N-methyl/N-ethyl adjacent to an activating group) is 1. The largest absolute Gasteiger partial charge is 0.457 e. The van der Waals surface area contributed by atoms with Gasteiger partial charge in [0.2, 0.25) is 0 Å². The first-order chi connectivity index (χ1) is 18.0. The van der Waals surface area contributed by atoms with E-state index in [1.807, 2.05) is 78.7 Å². The quantitative estimate of drug-likeness (QED) is 0.458. The molecule has 3 amide bonds. The Bertz CT molecular complexity index is 1190. The maximum absolute atomic E-state index is 12.7. The second-order valence-electron chi connectivity index (χ2n) is 9.40. The predicted octanol–water partition coefficient (Wildman–Crippen LogP) is 5.34. The number of ether oxygens (including phenoxy) is 2. The highest BCUT2D eigenvalue weighted by Crippen LogP contribution is 2.26. The van der Waals surface area contributed by atoms with Crippen LogP contribution in [0.2, 0.25) is 0 Å². The second kappa shape index (κ2) is 11.3. The Balaban J connectivity index is 1.10. The van der Waals surface area contributed by atoms with Crippen LogP contribution in [0.3, 0.4) is 0 Å². The number of anilines is 3. The molecule has 2 saturated heterocycles. The number of amides is 3. The van der Waals surface area contributed by atoms with Gasteiger partial charge in [-0.1, -0.05) is 18.2 Å². The Morgan fingerprint density at radius 2 is 1.54 bits per heavy atom. The minimum absolute atomic E-state index is 0.0910. The van der Waals surface area contributed by atoms with Crippen molar-refractivity contribution in [1.82, 2.24) is 4.90 Å². The van der Waals surface area contributed by atoms with Crippen LogP contribution in [0.15, 0.2) is 78.9 Å². The van der Waals surface area contributed by atoms with E-state index in [9.17, 15) is 9.59 Å². The molecular formula is C29H32N4O4. The Morgan fingerprint density at radius 1 is 0.892 bits per heavy atom. The van der Waals surface area contributed by atoms with Crippen molar-refractivity contribution in [3.63, 3.8) is 0 Å². The van der Waals surface area contributed by atoms with E-state index in [2.05, 4.69) is 15.5 Å². The van der Waals surface area contributed by atoms with E-state index in [0.717, 1.165) is 43.8 Å². The number of benzene rings is 3. The van der Waals surface area contributed by atoms with Gasteiger partial charge in [0, 0.05) is 43.8 Å². The number of hydrogen-bond acceptors (Lipinski definition) is 5. The third-order valence-electron chi connectivity index (χ3n) is 6.85. The molecule has 0 aliphatic carbocycles. The summed E-state index contributed by atoms with van der Waals surface area (Å²) in [5.74, 6) is 1.54. The summed E-state index contributed by atoms with van der Waals surface area (Å²) in [6.07, 6.45) is 2.41. The molecule has 3 aromatic rings. The van der Waals surface area contributed by atoms with Gasteiger partial charge >= 0.3 is 6.03 Å². The molecule has 2 atom stereocenters. The maximum Gasteiger partial charge on any atom is 0.323 e. The number of nitrogens with one attached hydrogen (secondary N) is 2. The van der Waals surface area contributed by atoms with Gasteiger partial charge < -0.3 is 29.9 Å². The highest BCUT2D eigenvalue weighted by molar-refractivity contribution is 5.99. The molecule has 0 spiro atoms. The summed E-state index contributed by atoms with van der Waals surface area (Å²) in [5, 5.41) is 5.71. The summed E-state index contributed by atoms with van der Waals surface area (Å²) in [5.41, 5.74) is 2.44. The Hall–Kier alpha value is -4.04. The molecule has 2 aliphatic heterocycles. The Morgan fingerprint density at radius 3 is 2.19 bits per heavy atom. The maximum atomic E-state index is 12.7. The van der Waals surface area contributed by atoms with Crippen LogP contribution in [0.25, 0.3) is 0 Å². The first-order valence-electron chi connectivity index (χ1n) is 12.7. The van der Waals surface area contributed by atoms with E-state index in [1.165, 1.54) is 0 Å². The second-order valence-corrected chi connectivity index (χ2v) is 9.40. The van der Waals surface area contributed by atoms with Crippen molar-refractivity contribution in [2.75, 3.05) is 42.3 Å². The number of nitrogens with zero attached hydrogens (tertiary/aromatic N) is 2. The average molecular weight is 501 g/mol. The zero-order chi connectivity index (χ0) is 25.6. The van der Waals surface area contributed by atoms with Crippen LogP contribution in [0.4, 0.5) is 21.9 Å². The zero-order valence-electron chi connectivity index (χ0n) is 20.9. The average Bonchev–Trinajstić information content (AvgIpc) is 3.63. The van der Waals surface area contributed by atoms with Gasteiger partial charge in [-0.3, -0.25) is 4.79 Å². The van der Waals surface area contributed by atoms with E-state index in [0.29, 0.717) is 23.7 Å². The first-order valence-corrected chi connectivity index (χ1v) is 12.7. The van der Waals surface area contributed by atoms with E-state index in [4.69, 9.17) is 9.47 Å². The molecular weight excluding hydrogens is 468 g/mol. The summed E-state index contributed by atoms with van der Waals surface area (Å²) >= 11 is 0. The van der Waals surface area contributed by atoms with Crippen LogP contribution in [0.1, 0.15) is 19.3 Å². The summed E-state index contributed by atoms with van der Waals surface area (Å²) in [6, 6.07) is 24.4. The molecule has 0 radical (unpaired) electrons. The Labute approximate surface area is 217 Å². The van der Waals surface area contributed by atoms with Crippen LogP contribution >= 0.6 is 0 Å². The van der Waals surface area contributed by atoms with E-state index in [-0.39, 0.29) is 24.1 Å². The lowest BCUT2D eigenvalue weighted by atomic mass is 10.1. The molecule has 37 heavy (non-hydrogen) atoms. The summed E-state index contributed by atoms with van der Waals surface area (Å²) in [6.45, 7) is 2.34. The molecule has 2 N–H and O–H groups in total. The zero-order valence-corrected chi connectivity index (χ0v) is 20.9. The van der Waals surface area contributed by atoms with Crippen molar-refractivity contribution in [1.29, 1.82) is 0 Å². The molecule has 0 aromatic heterocycles. The molecule has 8 nitrogen and oxygen atoms in total. The van der Waals surface area contributed by atoms with Gasteiger partial charge in [-0.2, -0.15) is 0 Å². The van der Waals surface area contributed by atoms with Crippen molar-refractivity contribution >= 4 is 29.0 Å². The standard InChI is InChI=1S/C29H32N4O4/c1-32(28(34)27-8-5-19-36-27)24-17-18-33(20-24)23-13-9-21(10-14-23)30-29(35)31-22-11-15-26(16-12-22)37-25-6-3-2-4-7-25/h2-4,6-7,9-16,24,27H,5,8,17-20H2,1H3,(H2,30,31,35). The third-order valence-corrected chi connectivity index (χ3v) is 6.85. The van der Waals surface area contributed by atoms with Gasteiger partial charge in [0.15, 0.2) is 0 Å². The van der Waals surface area contributed by atoms with Crippen molar-refractivity contribution in [2.45, 2.75) is 31.4 Å². The van der Waals surface area contributed by atoms with Gasteiger partial charge in [0.1, 0.15) is 17.6 Å². The molecule has 0 saturated carbocycles. The summed E-state index contributed by atoms with van der Waals surface area (Å²) in [4.78, 5) is 29.3. The third kappa shape index (κ3) is 6.21. The fraction of sp³-hybridized carbons (Fsp3) is 0.310. The highest BCUT2D eigenvalue weighted by atomic mass is 16.5. The predicted molar refractivity (Wildman–Crippen MR) is 144 cm³/mol. The number of urea groups is 1. The van der Waals surface area contributed by atoms with Crippen molar-refractivity contribution in [3.8, 4) is 11.5 Å². The van der Waals surface area contributed by atoms with Crippen molar-refractivity contribution in [3.05, 3.63) is 78.9 Å². The van der Waals surface area contributed by atoms with Crippen LogP contribution in [-0.2, 0) is 9.53 Å². The number of para-hydroxylation sites is 1. The van der Waals surface area contributed by atoms with Gasteiger partial charge in [-0.05, 0) is 79.9 Å². The minimum Gasteiger partial charge on any atom is -0.457 e. The number of rotatable bonds is 7.